The number of nitrogens with one attached hydrogen (secondary N) is 5. The molecule has 2 rings (SSSR count). The molecule has 2 fully saturated rings. The molecular weight excluding hydrogens is 490 g/mol. The Morgan fingerprint density at radius 3 is 1.69 bits per heavy atom. The smallest absolute Gasteiger partial charge is 0.244 e. The van der Waals surface area contributed by atoms with Crippen LogP contribution in [0.5, 0.6) is 0 Å². The van der Waals surface area contributed by atoms with Gasteiger partial charge in [-0.2, -0.15) is 0 Å². The minimum atomic E-state index is -0.893. The summed E-state index contributed by atoms with van der Waals surface area (Å²) in [4.78, 5) is 65.8. The molecule has 0 unspecified atom stereocenters. The maximum Gasteiger partial charge on any atom is 0.244 e. The van der Waals surface area contributed by atoms with Crippen LogP contribution >= 0.6 is 21.6 Å². The molecule has 2 bridgehead atoms. The molecule has 2 heterocycles. The van der Waals surface area contributed by atoms with Crippen LogP contribution in [0, 0.1) is 17.8 Å². The van der Waals surface area contributed by atoms with Gasteiger partial charge < -0.3 is 26.6 Å². The Morgan fingerprint density at radius 1 is 0.686 bits per heavy atom. The van der Waals surface area contributed by atoms with Gasteiger partial charge in [0.25, 0.3) is 0 Å². The molecule has 0 aromatic heterocycles. The highest BCUT2D eigenvalue weighted by atomic mass is 33.1. The summed E-state index contributed by atoms with van der Waals surface area (Å²) in [7, 11) is 2.80. The minimum absolute atomic E-state index is 0.0924. The van der Waals surface area contributed by atoms with E-state index in [0.717, 1.165) is 0 Å². The standard InChI is InChI=1S/C23H39N5O5S2/c1-7-13(6)18-23(33)26-15-9-34-35-10-16(25-20(15)30)21(31)27-17(12(4)5)22(32)24-14(8-11(2)3)19(29)28-18/h11-18H,7-10H2,1-6H3,(H,24,32)(H,25,30)(H,26,33)(H,27,31)(H,28,29)/t13-,14-,15-,16-,17+,18+/m0/s1. The molecule has 0 aromatic rings. The van der Waals surface area contributed by atoms with E-state index in [0.29, 0.717) is 24.3 Å². The van der Waals surface area contributed by atoms with Crippen molar-refractivity contribution in [2.24, 2.45) is 17.8 Å². The molecule has 2 saturated heterocycles. The topological polar surface area (TPSA) is 146 Å². The van der Waals surface area contributed by atoms with Crippen molar-refractivity contribution in [3.63, 3.8) is 0 Å². The van der Waals surface area contributed by atoms with E-state index in [1.54, 1.807) is 13.8 Å². The first-order valence-electron chi connectivity index (χ1n) is 12.2. The van der Waals surface area contributed by atoms with Crippen molar-refractivity contribution in [2.45, 2.75) is 84.6 Å². The van der Waals surface area contributed by atoms with Crippen LogP contribution in [0.15, 0.2) is 0 Å². The minimum Gasteiger partial charge on any atom is -0.343 e. The van der Waals surface area contributed by atoms with E-state index >= 15 is 0 Å². The van der Waals surface area contributed by atoms with Crippen LogP contribution in [0.3, 0.4) is 0 Å². The van der Waals surface area contributed by atoms with Crippen molar-refractivity contribution in [1.82, 2.24) is 26.6 Å². The molecule has 0 saturated carbocycles. The number of hydrogen-bond acceptors (Lipinski definition) is 7. The second-order valence-corrected chi connectivity index (χ2v) is 12.5. The first-order chi connectivity index (χ1) is 16.4. The van der Waals surface area contributed by atoms with Crippen molar-refractivity contribution >= 4 is 51.1 Å². The van der Waals surface area contributed by atoms with E-state index in [9.17, 15) is 24.0 Å². The molecule has 0 aliphatic carbocycles. The summed E-state index contributed by atoms with van der Waals surface area (Å²) in [5, 5.41) is 13.9. The zero-order valence-electron chi connectivity index (χ0n) is 21.3. The average Bonchev–Trinajstić information content (AvgIpc) is 2.77. The maximum atomic E-state index is 13.3. The summed E-state index contributed by atoms with van der Waals surface area (Å²) in [5.74, 6) is -2.10. The van der Waals surface area contributed by atoms with Gasteiger partial charge in [-0.25, -0.2) is 0 Å². The number of fused-ring (bicyclic) bond motifs is 3. The maximum absolute atomic E-state index is 13.3. The van der Waals surface area contributed by atoms with E-state index in [1.165, 1.54) is 21.6 Å². The lowest BCUT2D eigenvalue weighted by molar-refractivity contribution is -0.135. The van der Waals surface area contributed by atoms with Crippen LogP contribution in [0.2, 0.25) is 0 Å². The third-order valence-corrected chi connectivity index (χ3v) is 8.62. The van der Waals surface area contributed by atoms with Gasteiger partial charge in [0.1, 0.15) is 30.2 Å². The number of hydrogen-bond donors (Lipinski definition) is 5. The normalized spacial score (nSPS) is 30.2. The molecule has 35 heavy (non-hydrogen) atoms. The molecule has 2 aliphatic heterocycles. The highest BCUT2D eigenvalue weighted by Gasteiger charge is 2.37. The lowest BCUT2D eigenvalue weighted by Crippen LogP contribution is -2.60. The fraction of sp³-hybridized carbons (Fsp3) is 0.783. The van der Waals surface area contributed by atoms with Crippen molar-refractivity contribution < 1.29 is 24.0 Å². The highest BCUT2D eigenvalue weighted by molar-refractivity contribution is 8.76. The number of rotatable bonds is 5. The molecule has 10 nitrogen and oxygen atoms in total. The van der Waals surface area contributed by atoms with Gasteiger partial charge in [-0.05, 0) is 24.2 Å². The molecule has 5 N–H and O–H groups in total. The average molecular weight is 530 g/mol. The lowest BCUT2D eigenvalue weighted by Gasteiger charge is -2.29. The van der Waals surface area contributed by atoms with Gasteiger partial charge in [0.2, 0.25) is 29.5 Å². The third kappa shape index (κ3) is 8.30. The third-order valence-electron chi connectivity index (χ3n) is 6.20. The Hall–Kier alpha value is -1.95. The van der Waals surface area contributed by atoms with Gasteiger partial charge in [-0.1, -0.05) is 69.6 Å². The molecule has 12 heteroatoms. The fourth-order valence-electron chi connectivity index (χ4n) is 3.84. The second kappa shape index (κ2) is 13.4. The predicted molar refractivity (Wildman–Crippen MR) is 138 cm³/mol. The number of amides is 5. The number of carbonyl (C=O) groups is 5. The molecular formula is C23H39N5O5S2. The van der Waals surface area contributed by atoms with Gasteiger partial charge >= 0.3 is 0 Å². The van der Waals surface area contributed by atoms with E-state index in [-0.39, 0.29) is 17.8 Å². The zero-order valence-corrected chi connectivity index (χ0v) is 22.9. The molecule has 5 amide bonds. The number of carbonyl (C=O) groups excluding carboxylic acids is 5. The van der Waals surface area contributed by atoms with Gasteiger partial charge in [0, 0.05) is 11.5 Å². The molecule has 2 aliphatic rings. The van der Waals surface area contributed by atoms with Gasteiger partial charge in [-0.15, -0.1) is 0 Å². The van der Waals surface area contributed by atoms with E-state index in [4.69, 9.17) is 0 Å². The fourth-order valence-corrected chi connectivity index (χ4v) is 6.17. The first kappa shape index (κ1) is 29.3. The Bertz CT molecular complexity index is 809. The Balaban J connectivity index is 2.49. The highest BCUT2D eigenvalue weighted by Crippen LogP contribution is 2.25. The van der Waals surface area contributed by atoms with E-state index in [1.807, 2.05) is 27.7 Å². The largest absolute Gasteiger partial charge is 0.343 e. The van der Waals surface area contributed by atoms with Crippen LogP contribution in [0.25, 0.3) is 0 Å². The van der Waals surface area contributed by atoms with E-state index in [2.05, 4.69) is 26.6 Å². The van der Waals surface area contributed by atoms with Crippen molar-refractivity contribution in [3.8, 4) is 0 Å². The Labute approximate surface area is 215 Å². The Morgan fingerprint density at radius 2 is 1.17 bits per heavy atom. The van der Waals surface area contributed by atoms with Crippen LogP contribution in [-0.2, 0) is 24.0 Å². The van der Waals surface area contributed by atoms with Crippen LogP contribution in [0.4, 0.5) is 0 Å². The van der Waals surface area contributed by atoms with Crippen molar-refractivity contribution in [2.75, 3.05) is 11.5 Å². The lowest BCUT2D eigenvalue weighted by atomic mass is 9.96. The van der Waals surface area contributed by atoms with Crippen LogP contribution in [0.1, 0.15) is 54.4 Å². The summed E-state index contributed by atoms with van der Waals surface area (Å²) < 4.78 is 0. The summed E-state index contributed by atoms with van der Waals surface area (Å²) in [6.07, 6.45) is 0.987. The quantitative estimate of drug-likeness (QED) is 0.327. The zero-order chi connectivity index (χ0) is 26.3. The molecule has 0 aromatic carbocycles. The van der Waals surface area contributed by atoms with Crippen LogP contribution in [-0.4, -0.2) is 71.3 Å². The summed E-state index contributed by atoms with van der Waals surface area (Å²) in [6, 6.07) is -4.38. The molecule has 6 atom stereocenters. The van der Waals surface area contributed by atoms with E-state index < -0.39 is 59.7 Å². The first-order valence-corrected chi connectivity index (χ1v) is 14.7. The summed E-state index contributed by atoms with van der Waals surface area (Å²) in [5.41, 5.74) is 0. The molecule has 198 valence electrons. The predicted octanol–water partition coefficient (Wildman–Crippen LogP) is 0.567. The van der Waals surface area contributed by atoms with Crippen LogP contribution < -0.4 is 26.6 Å². The SMILES string of the molecule is CC[C@H](C)[C@H]1NC(=O)[C@H](CC(C)C)NC(=O)[C@@H](C(C)C)NC(=O)[C@@H]2CSSC[C@H](NC1=O)C(=O)N2. The van der Waals surface area contributed by atoms with Gasteiger partial charge in [0.15, 0.2) is 0 Å². The van der Waals surface area contributed by atoms with Crippen molar-refractivity contribution in [3.05, 3.63) is 0 Å². The second-order valence-electron chi connectivity index (χ2n) is 9.98. The Kier molecular flexibility index (Phi) is 11.2. The monoisotopic (exact) mass is 529 g/mol. The van der Waals surface area contributed by atoms with Gasteiger partial charge in [-0.3, -0.25) is 24.0 Å². The van der Waals surface area contributed by atoms with Gasteiger partial charge in [0.05, 0.1) is 0 Å². The van der Waals surface area contributed by atoms with Crippen molar-refractivity contribution in [1.29, 1.82) is 0 Å². The summed E-state index contributed by atoms with van der Waals surface area (Å²) >= 11 is 0. The summed E-state index contributed by atoms with van der Waals surface area (Å²) in [6.45, 7) is 11.2. The molecule has 0 radical (unpaired) electrons. The molecule has 0 spiro atoms.